The molecule has 0 saturated heterocycles. The molecule has 8 nitrogen and oxygen atoms in total. The summed E-state index contributed by atoms with van der Waals surface area (Å²) >= 11 is 0. The normalized spacial score (nSPS) is 11.4. The average molecular weight is 472 g/mol. The molecule has 5 rings (SSSR count). The van der Waals surface area contributed by atoms with Gasteiger partial charge < -0.3 is 9.09 Å². The second-order valence-corrected chi connectivity index (χ2v) is 9.52. The third kappa shape index (κ3) is 4.74. The molecule has 1 N–H and O–H groups in total. The van der Waals surface area contributed by atoms with Crippen LogP contribution in [-0.4, -0.2) is 28.1 Å². The first-order valence-electron chi connectivity index (χ1n) is 10.6. The number of aryl methyl sites for hydroxylation is 1. The zero-order valence-corrected chi connectivity index (χ0v) is 19.1. The fourth-order valence-electron chi connectivity index (χ4n) is 3.41. The molecule has 0 spiro atoms. The van der Waals surface area contributed by atoms with Crippen molar-refractivity contribution in [1.82, 2.24) is 19.7 Å². The van der Waals surface area contributed by atoms with Crippen LogP contribution in [-0.2, 0) is 16.6 Å². The number of nitrogens with one attached hydrogen (secondary N) is 1. The second kappa shape index (κ2) is 8.95. The Balaban J connectivity index is 1.26. The van der Waals surface area contributed by atoms with Crippen LogP contribution in [0.1, 0.15) is 11.1 Å². The van der Waals surface area contributed by atoms with Gasteiger partial charge in [0, 0.05) is 24.0 Å². The van der Waals surface area contributed by atoms with E-state index in [0.717, 1.165) is 16.7 Å². The summed E-state index contributed by atoms with van der Waals surface area (Å²) in [6.07, 6.45) is 3.52. The van der Waals surface area contributed by atoms with Crippen LogP contribution in [0.15, 0.2) is 101 Å². The van der Waals surface area contributed by atoms with Crippen molar-refractivity contribution in [1.29, 1.82) is 0 Å². The van der Waals surface area contributed by atoms with Crippen molar-refractivity contribution >= 4 is 15.7 Å². The maximum absolute atomic E-state index is 12.5. The molecule has 2 heterocycles. The fourth-order valence-corrected chi connectivity index (χ4v) is 4.49. The standard InChI is InChI=1S/C25H21N5O3S/c1-18-7-11-20(12-8-18)24-27-25(33-28-24)23-16-30(17-26-23)15-19-9-13-21(14-10-19)29-34(31,32)22-5-3-2-4-6-22/h2-14,16-17,29H,15H2,1H3. The van der Waals surface area contributed by atoms with Gasteiger partial charge in [-0.2, -0.15) is 4.98 Å². The SMILES string of the molecule is Cc1ccc(-c2noc(-c3cn(Cc4ccc(NS(=O)(=O)c5ccccc5)cc4)cn3)n2)cc1. The lowest BCUT2D eigenvalue weighted by Crippen LogP contribution is -2.12. The first-order chi connectivity index (χ1) is 16.5. The number of hydrogen-bond donors (Lipinski definition) is 1. The van der Waals surface area contributed by atoms with Crippen LogP contribution >= 0.6 is 0 Å². The van der Waals surface area contributed by atoms with Crippen LogP contribution < -0.4 is 4.72 Å². The molecule has 170 valence electrons. The predicted molar refractivity (Wildman–Crippen MR) is 128 cm³/mol. The number of hydrogen-bond acceptors (Lipinski definition) is 6. The van der Waals surface area contributed by atoms with Crippen molar-refractivity contribution in [3.05, 3.63) is 103 Å². The van der Waals surface area contributed by atoms with Gasteiger partial charge in [-0.15, -0.1) is 0 Å². The molecule has 0 amide bonds. The molecule has 0 unspecified atom stereocenters. The van der Waals surface area contributed by atoms with Crippen molar-refractivity contribution in [3.8, 4) is 23.0 Å². The Morgan fingerprint density at radius 1 is 0.941 bits per heavy atom. The summed E-state index contributed by atoms with van der Waals surface area (Å²) in [5, 5.41) is 4.06. The van der Waals surface area contributed by atoms with Crippen LogP contribution in [0.4, 0.5) is 5.69 Å². The monoisotopic (exact) mass is 471 g/mol. The Kier molecular flexibility index (Phi) is 5.69. The Hall–Kier alpha value is -4.24. The minimum absolute atomic E-state index is 0.219. The summed E-state index contributed by atoms with van der Waals surface area (Å²) in [6, 6.07) is 23.4. The third-order valence-corrected chi connectivity index (χ3v) is 6.61. The summed E-state index contributed by atoms with van der Waals surface area (Å²) in [4.78, 5) is 9.05. The number of anilines is 1. The zero-order valence-electron chi connectivity index (χ0n) is 18.3. The van der Waals surface area contributed by atoms with E-state index in [2.05, 4.69) is 19.8 Å². The number of aromatic nitrogens is 4. The molecule has 0 radical (unpaired) electrons. The number of rotatable bonds is 7. The van der Waals surface area contributed by atoms with Crippen molar-refractivity contribution in [2.45, 2.75) is 18.4 Å². The number of benzene rings is 3. The van der Waals surface area contributed by atoms with Crippen molar-refractivity contribution in [3.63, 3.8) is 0 Å². The third-order valence-electron chi connectivity index (χ3n) is 5.21. The molecule has 9 heteroatoms. The summed E-state index contributed by atoms with van der Waals surface area (Å²) in [6.45, 7) is 2.58. The van der Waals surface area contributed by atoms with Gasteiger partial charge in [0.25, 0.3) is 15.9 Å². The van der Waals surface area contributed by atoms with E-state index in [1.54, 1.807) is 48.8 Å². The summed E-state index contributed by atoms with van der Waals surface area (Å²) in [7, 11) is -3.62. The van der Waals surface area contributed by atoms with E-state index in [9.17, 15) is 8.42 Å². The van der Waals surface area contributed by atoms with Crippen LogP contribution in [0.2, 0.25) is 0 Å². The Morgan fingerprint density at radius 2 is 1.68 bits per heavy atom. The van der Waals surface area contributed by atoms with Gasteiger partial charge in [0.15, 0.2) is 0 Å². The molecular formula is C25H21N5O3S. The molecule has 0 aliphatic carbocycles. The van der Waals surface area contributed by atoms with E-state index in [4.69, 9.17) is 4.52 Å². The van der Waals surface area contributed by atoms with Crippen LogP contribution in [0.5, 0.6) is 0 Å². The van der Waals surface area contributed by atoms with E-state index in [-0.39, 0.29) is 4.90 Å². The summed E-state index contributed by atoms with van der Waals surface area (Å²) < 4.78 is 34.8. The average Bonchev–Trinajstić information content (AvgIpc) is 3.51. The molecule has 0 aliphatic heterocycles. The predicted octanol–water partition coefficient (Wildman–Crippen LogP) is 4.76. The van der Waals surface area contributed by atoms with Crippen LogP contribution in [0, 0.1) is 6.92 Å². The zero-order chi connectivity index (χ0) is 23.5. The Bertz CT molecular complexity index is 1510. The second-order valence-electron chi connectivity index (χ2n) is 7.84. The molecule has 5 aromatic rings. The molecule has 2 aromatic heterocycles. The van der Waals surface area contributed by atoms with E-state index >= 15 is 0 Å². The molecule has 0 saturated carbocycles. The van der Waals surface area contributed by atoms with E-state index < -0.39 is 10.0 Å². The van der Waals surface area contributed by atoms with Crippen molar-refractivity contribution in [2.75, 3.05) is 4.72 Å². The van der Waals surface area contributed by atoms with E-state index in [0.29, 0.717) is 29.6 Å². The largest absolute Gasteiger partial charge is 0.332 e. The maximum atomic E-state index is 12.5. The van der Waals surface area contributed by atoms with E-state index in [1.807, 2.05) is 54.1 Å². The smallest absolute Gasteiger partial charge is 0.278 e. The molecule has 0 aliphatic rings. The molecular weight excluding hydrogens is 450 g/mol. The highest BCUT2D eigenvalue weighted by molar-refractivity contribution is 7.92. The highest BCUT2D eigenvalue weighted by Gasteiger charge is 2.14. The number of sulfonamides is 1. The first kappa shape index (κ1) is 21.6. The lowest BCUT2D eigenvalue weighted by Gasteiger charge is -2.09. The van der Waals surface area contributed by atoms with Gasteiger partial charge in [0.2, 0.25) is 5.82 Å². The Morgan fingerprint density at radius 3 is 2.41 bits per heavy atom. The van der Waals surface area contributed by atoms with Gasteiger partial charge >= 0.3 is 0 Å². The lowest BCUT2D eigenvalue weighted by molar-refractivity contribution is 0.431. The lowest BCUT2D eigenvalue weighted by atomic mass is 10.1. The minimum Gasteiger partial charge on any atom is -0.332 e. The topological polar surface area (TPSA) is 103 Å². The van der Waals surface area contributed by atoms with Crippen molar-refractivity contribution < 1.29 is 12.9 Å². The Labute approximate surface area is 197 Å². The van der Waals surface area contributed by atoms with Gasteiger partial charge in [0.05, 0.1) is 11.2 Å². The van der Waals surface area contributed by atoms with Gasteiger partial charge in [-0.25, -0.2) is 13.4 Å². The highest BCUT2D eigenvalue weighted by Crippen LogP contribution is 2.22. The van der Waals surface area contributed by atoms with Gasteiger partial charge in [-0.05, 0) is 36.8 Å². The summed E-state index contributed by atoms with van der Waals surface area (Å²) in [5.41, 5.74) is 4.10. The fraction of sp³-hybridized carbons (Fsp3) is 0.0800. The minimum atomic E-state index is -3.62. The van der Waals surface area contributed by atoms with Crippen molar-refractivity contribution in [2.24, 2.45) is 0 Å². The molecule has 34 heavy (non-hydrogen) atoms. The number of nitrogens with zero attached hydrogens (tertiary/aromatic N) is 4. The highest BCUT2D eigenvalue weighted by atomic mass is 32.2. The van der Waals surface area contributed by atoms with E-state index in [1.165, 1.54) is 0 Å². The van der Waals surface area contributed by atoms with Gasteiger partial charge in [-0.1, -0.05) is 65.3 Å². The molecule has 3 aromatic carbocycles. The quantitative estimate of drug-likeness (QED) is 0.367. The maximum Gasteiger partial charge on any atom is 0.278 e. The van der Waals surface area contributed by atoms with Crippen LogP contribution in [0.3, 0.4) is 0 Å². The number of imidazole rings is 1. The molecule has 0 fully saturated rings. The summed E-state index contributed by atoms with van der Waals surface area (Å²) in [5.74, 6) is 0.859. The van der Waals surface area contributed by atoms with Gasteiger partial charge in [0.1, 0.15) is 5.69 Å². The molecule has 0 atom stereocenters. The first-order valence-corrected chi connectivity index (χ1v) is 12.0. The van der Waals surface area contributed by atoms with Crippen LogP contribution in [0.25, 0.3) is 23.0 Å². The molecule has 0 bridgehead atoms. The van der Waals surface area contributed by atoms with Gasteiger partial charge in [-0.3, -0.25) is 4.72 Å².